The summed E-state index contributed by atoms with van der Waals surface area (Å²) in [5.41, 5.74) is 3.29. The number of hydrogen-bond acceptors (Lipinski definition) is 3. The molecule has 1 aliphatic rings. The van der Waals surface area contributed by atoms with E-state index in [9.17, 15) is 9.90 Å². The van der Waals surface area contributed by atoms with Gasteiger partial charge < -0.3 is 9.84 Å². The van der Waals surface area contributed by atoms with Gasteiger partial charge in [-0.25, -0.2) is 4.79 Å². The maximum Gasteiger partial charge on any atom is 0.330 e. The molecule has 0 bridgehead atoms. The Balaban J connectivity index is 2.88. The zero-order valence-corrected chi connectivity index (χ0v) is 13.2. The van der Waals surface area contributed by atoms with Crippen LogP contribution in [0, 0.1) is 5.41 Å². The van der Waals surface area contributed by atoms with Gasteiger partial charge in [-0.15, -0.1) is 0 Å². The second-order valence-electron chi connectivity index (χ2n) is 6.11. The molecule has 0 aliphatic heterocycles. The first kappa shape index (κ1) is 16.7. The fourth-order valence-electron chi connectivity index (χ4n) is 2.81. The second-order valence-corrected chi connectivity index (χ2v) is 6.11. The standard InChI is InChI=1S/C17H26O3/c1-6-20-16(19)9-12(2)7-8-15-13(3)10-14(18)11-17(15,4)5/h7-9,14,18H,6,10-11H2,1-5H3/b8-7+,12-9+/t14-/m1/s1. The lowest BCUT2D eigenvalue weighted by Gasteiger charge is -2.35. The van der Waals surface area contributed by atoms with Crippen molar-refractivity contribution in [2.45, 2.75) is 53.6 Å². The molecule has 112 valence electrons. The Bertz CT molecular complexity index is 453. The van der Waals surface area contributed by atoms with Crippen molar-refractivity contribution in [3.8, 4) is 0 Å². The van der Waals surface area contributed by atoms with Gasteiger partial charge in [-0.3, -0.25) is 0 Å². The molecule has 0 amide bonds. The molecule has 0 fully saturated rings. The van der Waals surface area contributed by atoms with E-state index in [1.807, 2.05) is 13.0 Å². The Kier molecular flexibility index (Phi) is 5.75. The van der Waals surface area contributed by atoms with Crippen LogP contribution in [0.5, 0.6) is 0 Å². The summed E-state index contributed by atoms with van der Waals surface area (Å²) in [7, 11) is 0. The monoisotopic (exact) mass is 278 g/mol. The summed E-state index contributed by atoms with van der Waals surface area (Å²) >= 11 is 0. The molecule has 3 heteroatoms. The number of aliphatic hydroxyl groups is 1. The zero-order valence-electron chi connectivity index (χ0n) is 13.2. The summed E-state index contributed by atoms with van der Waals surface area (Å²) in [4.78, 5) is 11.4. The Labute approximate surface area is 122 Å². The molecule has 0 aromatic rings. The van der Waals surface area contributed by atoms with Crippen molar-refractivity contribution in [3.05, 3.63) is 34.9 Å². The van der Waals surface area contributed by atoms with Crippen LogP contribution in [-0.2, 0) is 9.53 Å². The maximum atomic E-state index is 11.4. The van der Waals surface area contributed by atoms with Crippen molar-refractivity contribution in [1.29, 1.82) is 0 Å². The summed E-state index contributed by atoms with van der Waals surface area (Å²) in [6, 6.07) is 0. The lowest BCUT2D eigenvalue weighted by atomic mass is 9.71. The first-order chi connectivity index (χ1) is 9.26. The quantitative estimate of drug-likeness (QED) is 0.486. The third-order valence-corrected chi connectivity index (χ3v) is 3.62. The minimum Gasteiger partial charge on any atom is -0.463 e. The second kappa shape index (κ2) is 6.89. The Morgan fingerprint density at radius 1 is 1.50 bits per heavy atom. The molecule has 0 heterocycles. The molecule has 0 saturated heterocycles. The van der Waals surface area contributed by atoms with Crippen LogP contribution >= 0.6 is 0 Å². The molecule has 3 nitrogen and oxygen atoms in total. The molecule has 0 saturated carbocycles. The van der Waals surface area contributed by atoms with Crippen LogP contribution < -0.4 is 0 Å². The van der Waals surface area contributed by atoms with E-state index >= 15 is 0 Å². The SMILES string of the molecule is CCOC(=O)/C=C(C)/C=C/C1=C(C)C[C@@H](O)CC1(C)C. The van der Waals surface area contributed by atoms with Gasteiger partial charge in [-0.1, -0.05) is 31.6 Å². The lowest BCUT2D eigenvalue weighted by Crippen LogP contribution is -2.28. The van der Waals surface area contributed by atoms with Gasteiger partial charge in [-0.05, 0) is 50.2 Å². The number of rotatable bonds is 4. The molecule has 0 radical (unpaired) electrons. The molecular weight excluding hydrogens is 252 g/mol. The summed E-state index contributed by atoms with van der Waals surface area (Å²) < 4.78 is 4.89. The summed E-state index contributed by atoms with van der Waals surface area (Å²) in [5.74, 6) is -0.307. The largest absolute Gasteiger partial charge is 0.463 e. The molecule has 0 aromatic heterocycles. The zero-order chi connectivity index (χ0) is 15.3. The van der Waals surface area contributed by atoms with Crippen molar-refractivity contribution >= 4 is 5.97 Å². The van der Waals surface area contributed by atoms with Gasteiger partial charge in [0.05, 0.1) is 12.7 Å². The fraction of sp³-hybridized carbons (Fsp3) is 0.588. The molecule has 1 N–H and O–H groups in total. The van der Waals surface area contributed by atoms with Gasteiger partial charge in [0.2, 0.25) is 0 Å². The predicted molar refractivity (Wildman–Crippen MR) is 81.3 cm³/mol. The smallest absolute Gasteiger partial charge is 0.330 e. The molecule has 0 aromatic carbocycles. The Morgan fingerprint density at radius 2 is 2.15 bits per heavy atom. The molecule has 0 spiro atoms. The minimum atomic E-state index is -0.307. The van der Waals surface area contributed by atoms with E-state index in [0.29, 0.717) is 6.61 Å². The predicted octanol–water partition coefficient (Wildman–Crippen LogP) is 3.55. The molecular formula is C17H26O3. The molecule has 20 heavy (non-hydrogen) atoms. The van der Waals surface area contributed by atoms with Crippen LogP contribution in [0.3, 0.4) is 0 Å². The fourth-order valence-corrected chi connectivity index (χ4v) is 2.81. The van der Waals surface area contributed by atoms with Gasteiger partial charge in [0.25, 0.3) is 0 Å². The summed E-state index contributed by atoms with van der Waals surface area (Å²) in [6.07, 6.45) is 6.74. The first-order valence-corrected chi connectivity index (χ1v) is 7.17. The Hall–Kier alpha value is -1.35. The van der Waals surface area contributed by atoms with E-state index in [1.54, 1.807) is 6.92 Å². The third kappa shape index (κ3) is 4.64. The van der Waals surface area contributed by atoms with Crippen LogP contribution in [0.25, 0.3) is 0 Å². The van der Waals surface area contributed by atoms with Gasteiger partial charge in [-0.2, -0.15) is 0 Å². The van der Waals surface area contributed by atoms with Crippen molar-refractivity contribution < 1.29 is 14.6 Å². The topological polar surface area (TPSA) is 46.5 Å². The van der Waals surface area contributed by atoms with Crippen LogP contribution in [0.4, 0.5) is 0 Å². The number of esters is 1. The van der Waals surface area contributed by atoms with E-state index in [0.717, 1.165) is 18.4 Å². The van der Waals surface area contributed by atoms with Crippen LogP contribution in [-0.4, -0.2) is 23.8 Å². The summed E-state index contributed by atoms with van der Waals surface area (Å²) in [6.45, 7) is 10.4. The summed E-state index contributed by atoms with van der Waals surface area (Å²) in [5, 5.41) is 9.86. The third-order valence-electron chi connectivity index (χ3n) is 3.62. The highest BCUT2D eigenvalue weighted by Gasteiger charge is 2.31. The number of carbonyl (C=O) groups is 1. The lowest BCUT2D eigenvalue weighted by molar-refractivity contribution is -0.137. The molecule has 1 rings (SSSR count). The van der Waals surface area contributed by atoms with Crippen LogP contribution in [0.1, 0.15) is 47.5 Å². The number of allylic oxidation sites excluding steroid dienone is 4. The first-order valence-electron chi connectivity index (χ1n) is 7.17. The van der Waals surface area contributed by atoms with E-state index in [4.69, 9.17) is 4.74 Å². The normalized spacial score (nSPS) is 23.3. The van der Waals surface area contributed by atoms with E-state index in [2.05, 4.69) is 26.8 Å². The van der Waals surface area contributed by atoms with Gasteiger partial charge in [0.15, 0.2) is 0 Å². The van der Waals surface area contributed by atoms with Crippen LogP contribution in [0.15, 0.2) is 34.9 Å². The molecule has 1 aliphatic carbocycles. The van der Waals surface area contributed by atoms with Crippen molar-refractivity contribution in [2.75, 3.05) is 6.61 Å². The average molecular weight is 278 g/mol. The Morgan fingerprint density at radius 3 is 2.70 bits per heavy atom. The van der Waals surface area contributed by atoms with Crippen molar-refractivity contribution in [2.24, 2.45) is 5.41 Å². The van der Waals surface area contributed by atoms with Crippen LogP contribution in [0.2, 0.25) is 0 Å². The van der Waals surface area contributed by atoms with E-state index < -0.39 is 0 Å². The highest BCUT2D eigenvalue weighted by Crippen LogP contribution is 2.40. The van der Waals surface area contributed by atoms with Gasteiger partial charge >= 0.3 is 5.97 Å². The highest BCUT2D eigenvalue weighted by atomic mass is 16.5. The number of aliphatic hydroxyl groups excluding tert-OH is 1. The minimum absolute atomic E-state index is 0.0392. The average Bonchev–Trinajstić information content (AvgIpc) is 2.26. The number of ether oxygens (including phenoxy) is 1. The number of carbonyl (C=O) groups excluding carboxylic acids is 1. The highest BCUT2D eigenvalue weighted by molar-refractivity contribution is 5.83. The van der Waals surface area contributed by atoms with Crippen molar-refractivity contribution in [3.63, 3.8) is 0 Å². The number of hydrogen-bond donors (Lipinski definition) is 1. The van der Waals surface area contributed by atoms with Crippen molar-refractivity contribution in [1.82, 2.24) is 0 Å². The van der Waals surface area contributed by atoms with Gasteiger partial charge in [0.1, 0.15) is 0 Å². The molecule has 1 atom stereocenters. The van der Waals surface area contributed by atoms with Gasteiger partial charge in [0, 0.05) is 6.08 Å². The maximum absolute atomic E-state index is 11.4. The molecule has 0 unspecified atom stereocenters. The van der Waals surface area contributed by atoms with E-state index in [1.165, 1.54) is 17.2 Å². The van der Waals surface area contributed by atoms with E-state index in [-0.39, 0.29) is 17.5 Å².